The average Bonchev–Trinajstić information content (AvgIpc) is 3.23. The molecule has 3 N–H and O–H groups in total. The maximum atomic E-state index is 12.1. The second-order valence-electron chi connectivity index (χ2n) is 16.1. The van der Waals surface area contributed by atoms with Crippen LogP contribution in [0.1, 0.15) is 155 Å². The lowest BCUT2D eigenvalue weighted by Crippen LogP contribution is -2.40. The van der Waals surface area contributed by atoms with E-state index in [0.29, 0.717) is 59.3 Å². The molecule has 60 heavy (non-hydrogen) atoms. The number of unbranched alkanes of at least 4 members (excludes halogenated alkanes) is 2. The number of rotatable bonds is 19. The van der Waals surface area contributed by atoms with E-state index in [-0.39, 0.29) is 23.4 Å². The minimum Gasteiger partial charge on any atom is -0.462 e. The van der Waals surface area contributed by atoms with E-state index in [1.807, 2.05) is 90.2 Å². The van der Waals surface area contributed by atoms with Gasteiger partial charge in [-0.25, -0.2) is 14.6 Å². The van der Waals surface area contributed by atoms with Gasteiger partial charge in [0.25, 0.3) is 5.91 Å². The quantitative estimate of drug-likeness (QED) is 0.0781. The van der Waals surface area contributed by atoms with E-state index in [0.717, 1.165) is 43.5 Å². The largest absolute Gasteiger partial charge is 0.462 e. The van der Waals surface area contributed by atoms with Crippen molar-refractivity contribution in [2.24, 2.45) is 11.8 Å². The van der Waals surface area contributed by atoms with Crippen LogP contribution in [0.25, 0.3) is 0 Å². The maximum Gasteiger partial charge on any atom is 0.338 e. The van der Waals surface area contributed by atoms with Gasteiger partial charge in [0.05, 0.1) is 24.3 Å². The number of amides is 1. The van der Waals surface area contributed by atoms with Gasteiger partial charge in [0, 0.05) is 29.5 Å². The molecule has 1 amide bonds. The summed E-state index contributed by atoms with van der Waals surface area (Å²) < 4.78 is 10.8. The molecule has 4 rings (SSSR count). The molecule has 3 aromatic carbocycles. The van der Waals surface area contributed by atoms with Crippen molar-refractivity contribution in [3.63, 3.8) is 0 Å². The van der Waals surface area contributed by atoms with Crippen LogP contribution in [0.4, 0.5) is 17.3 Å². The fraction of sp³-hybridized carbons (Fsp3) is 0.510. The van der Waals surface area contributed by atoms with E-state index < -0.39 is 0 Å². The highest BCUT2D eigenvalue weighted by Crippen LogP contribution is 2.18. The lowest BCUT2D eigenvalue weighted by atomic mass is 10.0. The first-order valence-corrected chi connectivity index (χ1v) is 21.7. The van der Waals surface area contributed by atoms with Gasteiger partial charge in [-0.1, -0.05) is 85.3 Å². The molecule has 0 saturated heterocycles. The highest BCUT2D eigenvalue weighted by molar-refractivity contribution is 5.95. The number of ether oxygens (including phenoxy) is 2. The third kappa shape index (κ3) is 20.1. The Bertz CT molecular complexity index is 1740. The number of aromatic nitrogens is 3. The van der Waals surface area contributed by atoms with Crippen LogP contribution in [0.3, 0.4) is 0 Å². The second-order valence-corrected chi connectivity index (χ2v) is 16.1. The highest BCUT2D eigenvalue weighted by Gasteiger charge is 2.16. The molecular formula is C49H72N6O5. The van der Waals surface area contributed by atoms with Crippen molar-refractivity contribution in [1.82, 2.24) is 20.3 Å². The van der Waals surface area contributed by atoms with Gasteiger partial charge in [0.2, 0.25) is 5.95 Å². The standard InChI is InChI=1S/C17H26O2.C16H21N5O.C16H25NO2/c1-4-7-8-15(6-3)13-19-17(18)16-11-9-14(5-2)10-12-16;1-10-17-11(2)19-15(18-10)20-13-8-6-12(7-9-13)14(22)21-16(3,4)5;1-4-6-7-13(5-2)12-19-16(18)14-8-10-15(17-3)11-9-14/h9-12,15H,4-8,13H2,1-3H3;6-9H,1-5H3,(H,21,22)(H,17,18,19,20);8-11,13,17H,4-7,12H2,1-3H3. The van der Waals surface area contributed by atoms with Crippen LogP contribution < -0.4 is 16.0 Å². The van der Waals surface area contributed by atoms with Gasteiger partial charge in [0.1, 0.15) is 11.6 Å². The van der Waals surface area contributed by atoms with E-state index in [1.165, 1.54) is 31.2 Å². The van der Waals surface area contributed by atoms with E-state index in [2.05, 4.69) is 65.5 Å². The van der Waals surface area contributed by atoms with Gasteiger partial charge in [0.15, 0.2) is 0 Å². The molecule has 4 aromatic rings. The summed E-state index contributed by atoms with van der Waals surface area (Å²) in [6.07, 6.45) is 10.2. The molecule has 0 spiro atoms. The van der Waals surface area contributed by atoms with Crippen molar-refractivity contribution in [2.75, 3.05) is 30.9 Å². The van der Waals surface area contributed by atoms with Gasteiger partial charge >= 0.3 is 11.9 Å². The average molecular weight is 825 g/mol. The number of carbonyl (C=O) groups excluding carboxylic acids is 3. The zero-order chi connectivity index (χ0) is 44.5. The molecule has 11 nitrogen and oxygen atoms in total. The first-order valence-electron chi connectivity index (χ1n) is 21.7. The van der Waals surface area contributed by atoms with Crippen LogP contribution in [0, 0.1) is 25.7 Å². The number of esters is 2. The Morgan fingerprint density at radius 2 is 1.05 bits per heavy atom. The summed E-state index contributed by atoms with van der Waals surface area (Å²) in [4.78, 5) is 48.4. The molecule has 2 atom stereocenters. The summed E-state index contributed by atoms with van der Waals surface area (Å²) in [5.74, 6) is 2.30. The van der Waals surface area contributed by atoms with Crippen LogP contribution in [-0.4, -0.2) is 58.6 Å². The van der Waals surface area contributed by atoms with E-state index in [4.69, 9.17) is 9.47 Å². The van der Waals surface area contributed by atoms with Crippen LogP contribution >= 0.6 is 0 Å². The number of nitrogens with zero attached hydrogens (tertiary/aromatic N) is 3. The van der Waals surface area contributed by atoms with Gasteiger partial charge in [-0.15, -0.1) is 0 Å². The number of nitrogens with one attached hydrogen (secondary N) is 3. The van der Waals surface area contributed by atoms with E-state index in [9.17, 15) is 14.4 Å². The molecule has 0 aliphatic heterocycles. The molecular weight excluding hydrogens is 753 g/mol. The van der Waals surface area contributed by atoms with Crippen molar-refractivity contribution in [3.05, 3.63) is 107 Å². The Balaban J connectivity index is 0.000000312. The topological polar surface area (TPSA) is 144 Å². The van der Waals surface area contributed by atoms with Crippen LogP contribution in [0.5, 0.6) is 0 Å². The minimum atomic E-state index is -0.256. The maximum absolute atomic E-state index is 12.1. The van der Waals surface area contributed by atoms with Crippen molar-refractivity contribution in [3.8, 4) is 0 Å². The summed E-state index contributed by atoms with van der Waals surface area (Å²) in [6, 6.07) is 22.2. The Kier molecular flexibility index (Phi) is 23.2. The third-order valence-electron chi connectivity index (χ3n) is 9.74. The number of hydrogen-bond donors (Lipinski definition) is 3. The molecule has 0 fully saturated rings. The summed E-state index contributed by atoms with van der Waals surface area (Å²) >= 11 is 0. The highest BCUT2D eigenvalue weighted by atomic mass is 16.5. The Labute approximate surface area is 360 Å². The Hall–Kier alpha value is -5.32. The molecule has 0 saturated carbocycles. The fourth-order valence-corrected chi connectivity index (χ4v) is 5.92. The zero-order valence-corrected chi connectivity index (χ0v) is 38.2. The molecule has 0 aliphatic carbocycles. The molecule has 1 aromatic heterocycles. The van der Waals surface area contributed by atoms with E-state index >= 15 is 0 Å². The van der Waals surface area contributed by atoms with Crippen molar-refractivity contribution in [2.45, 2.75) is 133 Å². The molecule has 2 unspecified atom stereocenters. The normalized spacial score (nSPS) is 11.7. The second kappa shape index (κ2) is 27.4. The number of aryl methyl sites for hydroxylation is 3. The van der Waals surface area contributed by atoms with Gasteiger partial charge in [-0.2, -0.15) is 9.97 Å². The Morgan fingerprint density at radius 3 is 1.45 bits per heavy atom. The summed E-state index contributed by atoms with van der Waals surface area (Å²) in [5, 5.41) is 9.06. The monoisotopic (exact) mass is 825 g/mol. The predicted molar refractivity (Wildman–Crippen MR) is 245 cm³/mol. The lowest BCUT2D eigenvalue weighted by Gasteiger charge is -2.20. The zero-order valence-electron chi connectivity index (χ0n) is 38.2. The van der Waals surface area contributed by atoms with Crippen LogP contribution in [0.2, 0.25) is 0 Å². The van der Waals surface area contributed by atoms with Gasteiger partial charge in [-0.05, 0) is 132 Å². The molecule has 1 heterocycles. The lowest BCUT2D eigenvalue weighted by molar-refractivity contribution is 0.0419. The van der Waals surface area contributed by atoms with Crippen molar-refractivity contribution in [1.29, 1.82) is 0 Å². The molecule has 0 aliphatic rings. The summed E-state index contributed by atoms with van der Waals surface area (Å²) in [6.45, 7) is 21.3. The fourth-order valence-electron chi connectivity index (χ4n) is 5.92. The first kappa shape index (κ1) is 50.8. The van der Waals surface area contributed by atoms with Crippen LogP contribution in [-0.2, 0) is 15.9 Å². The predicted octanol–water partition coefficient (Wildman–Crippen LogP) is 11.5. The van der Waals surface area contributed by atoms with Gasteiger partial charge in [-0.3, -0.25) is 4.79 Å². The van der Waals surface area contributed by atoms with E-state index in [1.54, 1.807) is 24.3 Å². The number of anilines is 3. The summed E-state index contributed by atoms with van der Waals surface area (Å²) in [7, 11) is 1.85. The summed E-state index contributed by atoms with van der Waals surface area (Å²) in [5.41, 5.74) is 4.68. The van der Waals surface area contributed by atoms with Crippen LogP contribution in [0.15, 0.2) is 72.8 Å². The third-order valence-corrected chi connectivity index (χ3v) is 9.74. The number of benzene rings is 3. The number of hydrogen-bond acceptors (Lipinski definition) is 10. The molecule has 0 bridgehead atoms. The first-order chi connectivity index (χ1) is 28.6. The van der Waals surface area contributed by atoms with Crippen molar-refractivity contribution < 1.29 is 23.9 Å². The van der Waals surface area contributed by atoms with Crippen molar-refractivity contribution >= 4 is 35.2 Å². The van der Waals surface area contributed by atoms with Gasteiger partial charge < -0.3 is 25.4 Å². The smallest absolute Gasteiger partial charge is 0.338 e. The number of carbonyl (C=O) groups is 3. The molecule has 11 heteroatoms. The SMILES string of the molecule is CCCCC(CC)COC(=O)c1ccc(CC)cc1.CCCCC(CC)COC(=O)c1ccc(NC)cc1.Cc1nc(C)nc(Nc2ccc(C(=O)NC(C)(C)C)cc2)n1. The minimum absolute atomic E-state index is 0.0918. The Morgan fingerprint density at radius 1 is 0.617 bits per heavy atom. The molecule has 328 valence electrons. The molecule has 0 radical (unpaired) electrons.